The Labute approximate surface area is 190 Å². The Morgan fingerprint density at radius 2 is 1.66 bits per heavy atom. The predicted molar refractivity (Wildman–Crippen MR) is 130 cm³/mol. The van der Waals surface area contributed by atoms with Gasteiger partial charge in [0.1, 0.15) is 10.6 Å². The third-order valence-electron chi connectivity index (χ3n) is 5.56. The van der Waals surface area contributed by atoms with Gasteiger partial charge in [-0.1, -0.05) is 72.3 Å². The molecule has 2 aromatic heterocycles. The second kappa shape index (κ2) is 8.44. The fraction of sp³-hybridized carbons (Fsp3) is 0.111. The summed E-state index contributed by atoms with van der Waals surface area (Å²) in [7, 11) is 0. The molecule has 0 saturated carbocycles. The third-order valence-corrected chi connectivity index (χ3v) is 6.45. The number of para-hydroxylation sites is 1. The molecule has 0 saturated heterocycles. The number of rotatable bonds is 5. The van der Waals surface area contributed by atoms with Gasteiger partial charge in [-0.2, -0.15) is 0 Å². The van der Waals surface area contributed by atoms with Crippen molar-refractivity contribution in [1.29, 1.82) is 0 Å². The van der Waals surface area contributed by atoms with Crippen molar-refractivity contribution in [2.24, 2.45) is 0 Å². The van der Waals surface area contributed by atoms with E-state index in [0.29, 0.717) is 12.3 Å². The van der Waals surface area contributed by atoms with Gasteiger partial charge in [0, 0.05) is 34.0 Å². The average Bonchev–Trinajstić information content (AvgIpc) is 3.44. The summed E-state index contributed by atoms with van der Waals surface area (Å²) in [4.78, 5) is 17.4. The molecule has 0 radical (unpaired) electrons. The van der Waals surface area contributed by atoms with Crippen LogP contribution in [0.15, 0.2) is 82.6 Å². The fourth-order valence-electron chi connectivity index (χ4n) is 3.68. The molecule has 32 heavy (non-hydrogen) atoms. The first kappa shape index (κ1) is 20.2. The van der Waals surface area contributed by atoms with E-state index >= 15 is 0 Å². The van der Waals surface area contributed by atoms with Gasteiger partial charge in [0.15, 0.2) is 5.76 Å². The van der Waals surface area contributed by atoms with Gasteiger partial charge >= 0.3 is 0 Å². The molecule has 0 spiro atoms. The van der Waals surface area contributed by atoms with Crippen molar-refractivity contribution in [1.82, 2.24) is 10.3 Å². The van der Waals surface area contributed by atoms with Crippen molar-refractivity contribution < 1.29 is 9.21 Å². The van der Waals surface area contributed by atoms with E-state index in [1.807, 2.05) is 55.5 Å². The van der Waals surface area contributed by atoms with Crippen molar-refractivity contribution >= 4 is 28.2 Å². The highest BCUT2D eigenvalue weighted by Crippen LogP contribution is 2.29. The lowest BCUT2D eigenvalue weighted by molar-refractivity contribution is 0.0924. The molecule has 0 aliphatic rings. The number of hydrogen-bond donors (Lipinski definition) is 1. The largest absolute Gasteiger partial charge is 0.451 e. The van der Waals surface area contributed by atoms with Gasteiger partial charge in [0.2, 0.25) is 0 Å². The fourth-order valence-corrected chi connectivity index (χ4v) is 4.52. The van der Waals surface area contributed by atoms with Crippen molar-refractivity contribution in [3.8, 4) is 21.8 Å². The summed E-state index contributed by atoms with van der Waals surface area (Å²) < 4.78 is 5.75. The van der Waals surface area contributed by atoms with Gasteiger partial charge in [-0.15, -0.1) is 11.3 Å². The first-order chi connectivity index (χ1) is 15.6. The molecule has 0 fully saturated rings. The SMILES string of the molecule is Cc1ccc(-c2csc(-c3ccc(CNC(=O)c4oc5ccccc5c4C)cc3)n2)cc1. The summed E-state index contributed by atoms with van der Waals surface area (Å²) in [5.74, 6) is 0.166. The Bertz CT molecular complexity index is 1400. The van der Waals surface area contributed by atoms with E-state index in [4.69, 9.17) is 9.40 Å². The number of benzene rings is 3. The molecule has 4 nitrogen and oxygen atoms in total. The highest BCUT2D eigenvalue weighted by Gasteiger charge is 2.17. The van der Waals surface area contributed by atoms with Crippen LogP contribution in [0.3, 0.4) is 0 Å². The summed E-state index contributed by atoms with van der Waals surface area (Å²) in [6.07, 6.45) is 0. The third kappa shape index (κ3) is 3.95. The minimum atomic E-state index is -0.203. The molecule has 3 aromatic carbocycles. The number of fused-ring (bicyclic) bond motifs is 1. The number of carbonyl (C=O) groups excluding carboxylic acids is 1. The molecule has 0 unspecified atom stereocenters. The van der Waals surface area contributed by atoms with Crippen LogP contribution in [0.25, 0.3) is 32.8 Å². The number of hydrogen-bond acceptors (Lipinski definition) is 4. The molecule has 0 bridgehead atoms. The maximum atomic E-state index is 12.6. The van der Waals surface area contributed by atoms with Gasteiger partial charge in [0.05, 0.1) is 5.69 Å². The van der Waals surface area contributed by atoms with Crippen LogP contribution in [0.4, 0.5) is 0 Å². The Morgan fingerprint density at radius 3 is 2.41 bits per heavy atom. The van der Waals surface area contributed by atoms with E-state index in [1.165, 1.54) is 5.56 Å². The number of aryl methyl sites for hydroxylation is 2. The quantitative estimate of drug-likeness (QED) is 0.329. The van der Waals surface area contributed by atoms with Crippen molar-refractivity contribution in [2.45, 2.75) is 20.4 Å². The van der Waals surface area contributed by atoms with E-state index in [9.17, 15) is 4.79 Å². The summed E-state index contributed by atoms with van der Waals surface area (Å²) >= 11 is 1.63. The normalized spacial score (nSPS) is 11.1. The van der Waals surface area contributed by atoms with Gasteiger partial charge in [-0.05, 0) is 25.5 Å². The predicted octanol–water partition coefficient (Wildman–Crippen LogP) is 6.77. The number of nitrogens with zero attached hydrogens (tertiary/aromatic N) is 1. The Hall–Kier alpha value is -3.70. The van der Waals surface area contributed by atoms with E-state index in [1.54, 1.807) is 11.3 Å². The Balaban J connectivity index is 1.26. The highest BCUT2D eigenvalue weighted by molar-refractivity contribution is 7.13. The first-order valence-electron chi connectivity index (χ1n) is 10.5. The number of aromatic nitrogens is 1. The molecule has 1 amide bonds. The summed E-state index contributed by atoms with van der Waals surface area (Å²) in [5, 5.41) is 7.00. The number of carbonyl (C=O) groups is 1. The van der Waals surface area contributed by atoms with Crippen molar-refractivity contribution in [3.05, 3.63) is 101 Å². The van der Waals surface area contributed by atoms with E-state index in [0.717, 1.165) is 43.9 Å². The molecule has 5 heteroatoms. The lowest BCUT2D eigenvalue weighted by Gasteiger charge is -2.05. The molecule has 0 aliphatic carbocycles. The molecule has 5 rings (SSSR count). The first-order valence-corrected chi connectivity index (χ1v) is 11.3. The second-order valence-corrected chi connectivity index (χ2v) is 8.69. The Morgan fingerprint density at radius 1 is 0.938 bits per heavy atom. The maximum Gasteiger partial charge on any atom is 0.287 e. The van der Waals surface area contributed by atoms with E-state index in [-0.39, 0.29) is 5.91 Å². The van der Waals surface area contributed by atoms with E-state index in [2.05, 4.69) is 41.9 Å². The zero-order valence-electron chi connectivity index (χ0n) is 17.9. The second-order valence-electron chi connectivity index (χ2n) is 7.84. The summed E-state index contributed by atoms with van der Waals surface area (Å²) in [6.45, 7) is 4.43. The maximum absolute atomic E-state index is 12.6. The molecule has 1 N–H and O–H groups in total. The lowest BCUT2D eigenvalue weighted by atomic mass is 10.1. The van der Waals surface area contributed by atoms with Gasteiger partial charge in [-0.3, -0.25) is 4.79 Å². The lowest BCUT2D eigenvalue weighted by Crippen LogP contribution is -2.22. The minimum absolute atomic E-state index is 0.203. The molecule has 0 aliphatic heterocycles. The van der Waals surface area contributed by atoms with Gasteiger partial charge in [0.25, 0.3) is 5.91 Å². The average molecular weight is 439 g/mol. The van der Waals surface area contributed by atoms with Crippen LogP contribution in [0, 0.1) is 13.8 Å². The van der Waals surface area contributed by atoms with E-state index < -0.39 is 0 Å². The Kier molecular flexibility index (Phi) is 5.33. The van der Waals surface area contributed by atoms with Crippen molar-refractivity contribution in [2.75, 3.05) is 0 Å². The highest BCUT2D eigenvalue weighted by atomic mass is 32.1. The number of amides is 1. The van der Waals surface area contributed by atoms with Crippen LogP contribution in [0.5, 0.6) is 0 Å². The monoisotopic (exact) mass is 438 g/mol. The molecular formula is C27H22N2O2S. The topological polar surface area (TPSA) is 55.1 Å². The zero-order valence-corrected chi connectivity index (χ0v) is 18.7. The minimum Gasteiger partial charge on any atom is -0.451 e. The van der Waals surface area contributed by atoms with Gasteiger partial charge < -0.3 is 9.73 Å². The zero-order chi connectivity index (χ0) is 22.1. The van der Waals surface area contributed by atoms with Crippen molar-refractivity contribution in [3.63, 3.8) is 0 Å². The van der Waals surface area contributed by atoms with Crippen LogP contribution in [0.1, 0.15) is 27.2 Å². The molecular weight excluding hydrogens is 416 g/mol. The van der Waals surface area contributed by atoms with Gasteiger partial charge in [-0.25, -0.2) is 4.98 Å². The van der Waals surface area contributed by atoms with Crippen LogP contribution in [-0.4, -0.2) is 10.9 Å². The van der Waals surface area contributed by atoms with Crippen LogP contribution < -0.4 is 5.32 Å². The number of furan rings is 1. The molecule has 5 aromatic rings. The standard InChI is InChI=1S/C27H22N2O2S/c1-17-7-11-20(12-8-17)23-16-32-27(29-23)21-13-9-19(10-14-21)15-28-26(30)25-18(2)22-5-3-4-6-24(22)31-25/h3-14,16H,15H2,1-2H3,(H,28,30). The summed E-state index contributed by atoms with van der Waals surface area (Å²) in [5.41, 5.74) is 7.03. The van der Waals surface area contributed by atoms with Crippen LogP contribution in [-0.2, 0) is 6.54 Å². The molecule has 0 atom stereocenters. The molecule has 158 valence electrons. The van der Waals surface area contributed by atoms with Crippen LogP contribution in [0.2, 0.25) is 0 Å². The molecule has 2 heterocycles. The summed E-state index contributed by atoms with van der Waals surface area (Å²) in [6, 6.07) is 24.2. The number of nitrogens with one attached hydrogen (secondary N) is 1. The number of thiazole rings is 1. The smallest absolute Gasteiger partial charge is 0.287 e. The van der Waals surface area contributed by atoms with Crippen LogP contribution >= 0.6 is 11.3 Å².